The van der Waals surface area contributed by atoms with E-state index in [0.717, 1.165) is 11.3 Å². The predicted octanol–water partition coefficient (Wildman–Crippen LogP) is 3.18. The van der Waals surface area contributed by atoms with Crippen molar-refractivity contribution in [3.05, 3.63) is 51.2 Å². The van der Waals surface area contributed by atoms with Gasteiger partial charge in [-0.15, -0.1) is 11.3 Å². The van der Waals surface area contributed by atoms with Gasteiger partial charge < -0.3 is 5.73 Å². The lowest BCUT2D eigenvalue weighted by atomic mass is 10.0. The number of nitrogens with zero attached hydrogens (tertiary/aromatic N) is 1. The van der Waals surface area contributed by atoms with E-state index in [2.05, 4.69) is 4.98 Å². The first-order chi connectivity index (χ1) is 7.66. The molecule has 0 aliphatic rings. The Bertz CT molecular complexity index is 473. The third-order valence-electron chi connectivity index (χ3n) is 2.27. The van der Waals surface area contributed by atoms with E-state index in [1.165, 1.54) is 17.4 Å². The van der Waals surface area contributed by atoms with Gasteiger partial charge in [0.15, 0.2) is 0 Å². The molecule has 5 heteroatoms. The van der Waals surface area contributed by atoms with Gasteiger partial charge in [-0.3, -0.25) is 0 Å². The molecule has 2 rings (SSSR count). The van der Waals surface area contributed by atoms with Crippen LogP contribution in [0.4, 0.5) is 4.39 Å². The van der Waals surface area contributed by atoms with Gasteiger partial charge in [-0.1, -0.05) is 17.7 Å². The fraction of sp³-hybridized carbons (Fsp3) is 0.182. The first kappa shape index (κ1) is 11.5. The van der Waals surface area contributed by atoms with Crippen LogP contribution in [0, 0.1) is 5.82 Å². The zero-order valence-corrected chi connectivity index (χ0v) is 9.93. The standard InChI is InChI=1S/C11H10ClFN2S/c12-8-2-1-7(3-9(8)13)4-10(14)11-5-16-6-15-11/h1-3,5-6,10H,4,14H2. The highest BCUT2D eigenvalue weighted by molar-refractivity contribution is 7.07. The van der Waals surface area contributed by atoms with Crippen LogP contribution in [0.15, 0.2) is 29.1 Å². The van der Waals surface area contributed by atoms with E-state index in [1.807, 2.05) is 5.38 Å². The van der Waals surface area contributed by atoms with Crippen LogP contribution >= 0.6 is 22.9 Å². The fourth-order valence-electron chi connectivity index (χ4n) is 1.43. The van der Waals surface area contributed by atoms with E-state index in [9.17, 15) is 4.39 Å². The highest BCUT2D eigenvalue weighted by atomic mass is 35.5. The van der Waals surface area contributed by atoms with E-state index in [0.29, 0.717) is 6.42 Å². The first-order valence-corrected chi connectivity index (χ1v) is 6.06. The monoisotopic (exact) mass is 256 g/mol. The number of thiazole rings is 1. The Morgan fingerprint density at radius 2 is 2.31 bits per heavy atom. The minimum absolute atomic E-state index is 0.131. The van der Waals surface area contributed by atoms with Crippen LogP contribution in [0.2, 0.25) is 5.02 Å². The second-order valence-electron chi connectivity index (χ2n) is 3.47. The maximum absolute atomic E-state index is 13.2. The summed E-state index contributed by atoms with van der Waals surface area (Å²) >= 11 is 7.10. The summed E-state index contributed by atoms with van der Waals surface area (Å²) in [7, 11) is 0. The molecule has 0 spiro atoms. The van der Waals surface area contributed by atoms with Crippen molar-refractivity contribution >= 4 is 22.9 Å². The van der Waals surface area contributed by atoms with Crippen LogP contribution in [0.5, 0.6) is 0 Å². The molecule has 1 aromatic heterocycles. The van der Waals surface area contributed by atoms with Crippen LogP contribution in [0.3, 0.4) is 0 Å². The molecule has 2 aromatic rings. The SMILES string of the molecule is NC(Cc1ccc(Cl)c(F)c1)c1cscn1. The molecule has 84 valence electrons. The van der Waals surface area contributed by atoms with Crippen molar-refractivity contribution in [1.29, 1.82) is 0 Å². The van der Waals surface area contributed by atoms with Crippen LogP contribution in [0.1, 0.15) is 17.3 Å². The van der Waals surface area contributed by atoms with Crippen molar-refractivity contribution in [2.24, 2.45) is 5.73 Å². The van der Waals surface area contributed by atoms with Gasteiger partial charge in [0.1, 0.15) is 5.82 Å². The van der Waals surface area contributed by atoms with Gasteiger partial charge in [0.25, 0.3) is 0 Å². The quantitative estimate of drug-likeness (QED) is 0.916. The number of halogens is 2. The summed E-state index contributed by atoms with van der Waals surface area (Å²) in [4.78, 5) is 4.13. The molecule has 0 bridgehead atoms. The number of aromatic nitrogens is 1. The lowest BCUT2D eigenvalue weighted by molar-refractivity contribution is 0.621. The Labute approximate surface area is 102 Å². The molecular formula is C11H10ClFN2S. The average molecular weight is 257 g/mol. The largest absolute Gasteiger partial charge is 0.322 e. The van der Waals surface area contributed by atoms with Crippen molar-refractivity contribution in [2.45, 2.75) is 12.5 Å². The molecule has 0 saturated heterocycles. The van der Waals surface area contributed by atoms with Crippen molar-refractivity contribution in [2.75, 3.05) is 0 Å². The van der Waals surface area contributed by atoms with E-state index >= 15 is 0 Å². The first-order valence-electron chi connectivity index (χ1n) is 4.74. The van der Waals surface area contributed by atoms with Crippen molar-refractivity contribution in [3.8, 4) is 0 Å². The van der Waals surface area contributed by atoms with Gasteiger partial charge in [-0.2, -0.15) is 0 Å². The number of benzene rings is 1. The highest BCUT2D eigenvalue weighted by Crippen LogP contribution is 2.20. The van der Waals surface area contributed by atoms with E-state index in [1.54, 1.807) is 17.6 Å². The summed E-state index contributed by atoms with van der Waals surface area (Å²) in [5, 5.41) is 2.03. The van der Waals surface area contributed by atoms with Crippen LogP contribution in [-0.2, 0) is 6.42 Å². The molecule has 1 heterocycles. The molecule has 16 heavy (non-hydrogen) atoms. The summed E-state index contributed by atoms with van der Waals surface area (Å²) in [5.74, 6) is -0.412. The topological polar surface area (TPSA) is 38.9 Å². The number of hydrogen-bond donors (Lipinski definition) is 1. The Hall–Kier alpha value is -0.970. The number of hydrogen-bond acceptors (Lipinski definition) is 3. The smallest absolute Gasteiger partial charge is 0.142 e. The molecule has 0 saturated carbocycles. The zero-order valence-electron chi connectivity index (χ0n) is 8.36. The molecule has 1 aromatic carbocycles. The van der Waals surface area contributed by atoms with E-state index in [4.69, 9.17) is 17.3 Å². The zero-order chi connectivity index (χ0) is 11.5. The van der Waals surface area contributed by atoms with E-state index in [-0.39, 0.29) is 11.1 Å². The molecule has 2 nitrogen and oxygen atoms in total. The minimum atomic E-state index is -0.412. The molecule has 0 fully saturated rings. The lowest BCUT2D eigenvalue weighted by Crippen LogP contribution is -2.13. The van der Waals surface area contributed by atoms with Gasteiger partial charge in [0.2, 0.25) is 0 Å². The van der Waals surface area contributed by atoms with Crippen molar-refractivity contribution in [1.82, 2.24) is 4.98 Å². The summed E-state index contributed by atoms with van der Waals surface area (Å²) < 4.78 is 13.2. The van der Waals surface area contributed by atoms with Crippen molar-refractivity contribution in [3.63, 3.8) is 0 Å². The van der Waals surface area contributed by atoms with Crippen LogP contribution in [-0.4, -0.2) is 4.98 Å². The van der Waals surface area contributed by atoms with Crippen molar-refractivity contribution < 1.29 is 4.39 Å². The number of nitrogens with two attached hydrogens (primary N) is 1. The Balaban J connectivity index is 2.12. The Morgan fingerprint density at radius 3 is 2.94 bits per heavy atom. The normalized spacial score (nSPS) is 12.7. The second-order valence-corrected chi connectivity index (χ2v) is 4.60. The Kier molecular flexibility index (Phi) is 3.53. The average Bonchev–Trinajstić information content (AvgIpc) is 2.77. The minimum Gasteiger partial charge on any atom is -0.322 e. The third-order valence-corrected chi connectivity index (χ3v) is 3.18. The summed E-state index contributed by atoms with van der Waals surface area (Å²) in [6.45, 7) is 0. The van der Waals surface area contributed by atoms with Gasteiger partial charge in [0, 0.05) is 5.38 Å². The molecule has 0 radical (unpaired) electrons. The van der Waals surface area contributed by atoms with E-state index < -0.39 is 5.82 Å². The molecular weight excluding hydrogens is 247 g/mol. The maximum Gasteiger partial charge on any atom is 0.142 e. The van der Waals surface area contributed by atoms with Gasteiger partial charge in [-0.05, 0) is 24.1 Å². The molecule has 1 unspecified atom stereocenters. The van der Waals surface area contributed by atoms with Gasteiger partial charge >= 0.3 is 0 Å². The molecule has 0 aliphatic carbocycles. The van der Waals surface area contributed by atoms with Gasteiger partial charge in [0.05, 0.1) is 22.3 Å². The Morgan fingerprint density at radius 1 is 1.50 bits per heavy atom. The molecule has 0 amide bonds. The number of rotatable bonds is 3. The highest BCUT2D eigenvalue weighted by Gasteiger charge is 2.10. The maximum atomic E-state index is 13.2. The molecule has 2 N–H and O–H groups in total. The van der Waals surface area contributed by atoms with Crippen LogP contribution in [0.25, 0.3) is 0 Å². The molecule has 0 aliphatic heterocycles. The summed E-state index contributed by atoms with van der Waals surface area (Å²) in [6, 6.07) is 4.53. The van der Waals surface area contributed by atoms with Crippen LogP contribution < -0.4 is 5.73 Å². The second kappa shape index (κ2) is 4.91. The van der Waals surface area contributed by atoms with Gasteiger partial charge in [-0.25, -0.2) is 9.37 Å². The summed E-state index contributed by atoms with van der Waals surface area (Å²) in [5.41, 5.74) is 9.34. The predicted molar refractivity (Wildman–Crippen MR) is 64.2 cm³/mol. The summed E-state index contributed by atoms with van der Waals surface area (Å²) in [6.07, 6.45) is 0.553. The lowest BCUT2D eigenvalue weighted by Gasteiger charge is -2.09. The molecule has 1 atom stereocenters. The third kappa shape index (κ3) is 2.58. The fourth-order valence-corrected chi connectivity index (χ4v) is 2.17.